The summed E-state index contributed by atoms with van der Waals surface area (Å²) >= 11 is 0. The Kier molecular flexibility index (Phi) is 5.46. The maximum Gasteiger partial charge on any atom is 0.253 e. The Balaban J connectivity index is 1.58. The zero-order valence-electron chi connectivity index (χ0n) is 15.1. The molecule has 140 valence electrons. The third kappa shape index (κ3) is 4.67. The molecule has 1 aliphatic rings. The van der Waals surface area contributed by atoms with Crippen molar-refractivity contribution in [1.29, 1.82) is 5.26 Å². The molecule has 1 heterocycles. The van der Waals surface area contributed by atoms with E-state index in [-0.39, 0.29) is 30.8 Å². The number of anilines is 1. The van der Waals surface area contributed by atoms with Gasteiger partial charge in [0.15, 0.2) is 0 Å². The molecule has 3 N–H and O–H groups in total. The van der Waals surface area contributed by atoms with Gasteiger partial charge in [0.05, 0.1) is 31.0 Å². The van der Waals surface area contributed by atoms with Crippen LogP contribution in [-0.4, -0.2) is 23.9 Å². The first-order valence-electron chi connectivity index (χ1n) is 8.87. The lowest BCUT2D eigenvalue weighted by molar-refractivity contribution is -0.120. The Morgan fingerprint density at radius 3 is 2.70 bits per heavy atom. The maximum absolute atomic E-state index is 12.4. The lowest BCUT2D eigenvalue weighted by Crippen LogP contribution is -2.48. The summed E-state index contributed by atoms with van der Waals surface area (Å²) in [4.78, 5) is 24.7. The van der Waals surface area contributed by atoms with Gasteiger partial charge in [-0.05, 0) is 49.9 Å². The topological polar surface area (TPSA) is 107 Å². The van der Waals surface area contributed by atoms with Crippen LogP contribution in [-0.2, 0) is 11.3 Å². The summed E-state index contributed by atoms with van der Waals surface area (Å²) in [5.41, 5.74) is 0.148. The summed E-state index contributed by atoms with van der Waals surface area (Å²) in [6.07, 6.45) is 3.46. The summed E-state index contributed by atoms with van der Waals surface area (Å²) in [5.74, 6) is 0.321. The van der Waals surface area contributed by atoms with E-state index in [1.165, 1.54) is 0 Å². The Morgan fingerprint density at radius 2 is 2.04 bits per heavy atom. The number of furan rings is 1. The number of nitrogens with zero attached hydrogens (tertiary/aromatic N) is 1. The molecule has 1 aromatic carbocycles. The number of carbonyl (C=O) groups is 2. The summed E-state index contributed by atoms with van der Waals surface area (Å²) in [6.45, 7) is 2.01. The molecular formula is C20H22N4O3. The van der Waals surface area contributed by atoms with E-state index in [2.05, 4.69) is 22.0 Å². The van der Waals surface area contributed by atoms with Gasteiger partial charge in [0.2, 0.25) is 5.91 Å². The average molecular weight is 366 g/mol. The van der Waals surface area contributed by atoms with E-state index in [1.807, 2.05) is 0 Å². The Bertz CT molecular complexity index is 852. The maximum atomic E-state index is 12.4. The van der Waals surface area contributed by atoms with Crippen molar-refractivity contribution >= 4 is 17.5 Å². The fourth-order valence-electron chi connectivity index (χ4n) is 2.90. The predicted molar refractivity (Wildman–Crippen MR) is 99.7 cm³/mol. The normalized spacial score (nSPS) is 15.3. The predicted octanol–water partition coefficient (Wildman–Crippen LogP) is 2.43. The van der Waals surface area contributed by atoms with Crippen LogP contribution in [0, 0.1) is 17.2 Å². The highest BCUT2D eigenvalue weighted by Crippen LogP contribution is 2.39. The molecule has 0 saturated heterocycles. The fraction of sp³-hybridized carbons (Fsp3) is 0.350. The number of hydrogen-bond acceptors (Lipinski definition) is 5. The van der Waals surface area contributed by atoms with Crippen molar-refractivity contribution in [1.82, 2.24) is 10.6 Å². The van der Waals surface area contributed by atoms with Crippen molar-refractivity contribution in [2.24, 2.45) is 5.92 Å². The van der Waals surface area contributed by atoms with Crippen molar-refractivity contribution in [3.63, 3.8) is 0 Å². The first-order chi connectivity index (χ1) is 13.0. The first-order valence-corrected chi connectivity index (χ1v) is 8.87. The lowest BCUT2D eigenvalue weighted by Gasteiger charge is -2.23. The SMILES string of the molecule is CC(C#N)(NC(=O)CNc1ccccc1C(=O)NCc1ccco1)C1CC1. The van der Waals surface area contributed by atoms with Gasteiger partial charge in [-0.2, -0.15) is 5.26 Å². The standard InChI is InChI=1S/C20H22N4O3/c1-20(13-21,14-8-9-14)24-18(25)12-22-17-7-3-2-6-16(17)19(26)23-11-15-5-4-10-27-15/h2-7,10,14,22H,8-9,11-12H2,1H3,(H,23,26)(H,24,25). The molecule has 0 bridgehead atoms. The Hall–Kier alpha value is -3.27. The lowest BCUT2D eigenvalue weighted by atomic mass is 9.98. The van der Waals surface area contributed by atoms with Gasteiger partial charge in [0.25, 0.3) is 5.91 Å². The van der Waals surface area contributed by atoms with Crippen molar-refractivity contribution in [2.75, 3.05) is 11.9 Å². The molecule has 1 atom stereocenters. The number of benzene rings is 1. The highest BCUT2D eigenvalue weighted by molar-refractivity contribution is 6.00. The van der Waals surface area contributed by atoms with E-state index in [1.54, 1.807) is 49.6 Å². The van der Waals surface area contributed by atoms with E-state index < -0.39 is 5.54 Å². The van der Waals surface area contributed by atoms with E-state index in [0.717, 1.165) is 12.8 Å². The molecule has 27 heavy (non-hydrogen) atoms. The number of nitrogens with one attached hydrogen (secondary N) is 3. The summed E-state index contributed by atoms with van der Waals surface area (Å²) in [5, 5.41) is 17.9. The molecule has 2 aromatic rings. The zero-order chi connectivity index (χ0) is 19.3. The van der Waals surface area contributed by atoms with Gasteiger partial charge in [0, 0.05) is 5.69 Å². The van der Waals surface area contributed by atoms with Crippen LogP contribution in [0.15, 0.2) is 47.1 Å². The molecule has 0 radical (unpaired) electrons. The second-order valence-electron chi connectivity index (χ2n) is 6.80. The Morgan fingerprint density at radius 1 is 1.26 bits per heavy atom. The van der Waals surface area contributed by atoms with E-state index >= 15 is 0 Å². The van der Waals surface area contributed by atoms with Crippen LogP contribution in [0.1, 0.15) is 35.9 Å². The summed E-state index contributed by atoms with van der Waals surface area (Å²) in [6, 6.07) is 12.7. The third-order valence-corrected chi connectivity index (χ3v) is 4.64. The van der Waals surface area contributed by atoms with Gasteiger partial charge in [-0.3, -0.25) is 9.59 Å². The molecule has 7 nitrogen and oxygen atoms in total. The summed E-state index contributed by atoms with van der Waals surface area (Å²) in [7, 11) is 0. The van der Waals surface area contributed by atoms with Crippen molar-refractivity contribution in [3.05, 3.63) is 54.0 Å². The molecule has 7 heteroatoms. The monoisotopic (exact) mass is 366 g/mol. The van der Waals surface area contributed by atoms with Crippen LogP contribution in [0.2, 0.25) is 0 Å². The second kappa shape index (κ2) is 7.96. The molecule has 3 rings (SSSR count). The largest absolute Gasteiger partial charge is 0.467 e. The van der Waals surface area contributed by atoms with Crippen molar-refractivity contribution in [3.8, 4) is 6.07 Å². The van der Waals surface area contributed by atoms with E-state index in [9.17, 15) is 14.9 Å². The molecule has 1 fully saturated rings. The van der Waals surface area contributed by atoms with Gasteiger partial charge >= 0.3 is 0 Å². The number of para-hydroxylation sites is 1. The number of carbonyl (C=O) groups excluding carboxylic acids is 2. The second-order valence-corrected chi connectivity index (χ2v) is 6.80. The van der Waals surface area contributed by atoms with Crippen molar-refractivity contribution < 1.29 is 14.0 Å². The molecule has 0 aliphatic heterocycles. The summed E-state index contributed by atoms with van der Waals surface area (Å²) < 4.78 is 5.20. The molecular weight excluding hydrogens is 344 g/mol. The highest BCUT2D eigenvalue weighted by atomic mass is 16.3. The van der Waals surface area contributed by atoms with Crippen LogP contribution in [0.25, 0.3) is 0 Å². The van der Waals surface area contributed by atoms with Crippen molar-refractivity contribution in [2.45, 2.75) is 31.8 Å². The van der Waals surface area contributed by atoms with Crippen LogP contribution in [0.5, 0.6) is 0 Å². The molecule has 1 unspecified atom stereocenters. The van der Waals surface area contributed by atoms with Gasteiger partial charge < -0.3 is 20.4 Å². The van der Waals surface area contributed by atoms with Gasteiger partial charge in [0.1, 0.15) is 11.3 Å². The van der Waals surface area contributed by atoms with Crippen LogP contribution in [0.4, 0.5) is 5.69 Å². The molecule has 0 spiro atoms. The van der Waals surface area contributed by atoms with Gasteiger partial charge in [-0.25, -0.2) is 0 Å². The average Bonchev–Trinajstić information content (AvgIpc) is 3.42. The number of amides is 2. The van der Waals surface area contributed by atoms with Crippen LogP contribution >= 0.6 is 0 Å². The molecule has 1 aromatic heterocycles. The minimum Gasteiger partial charge on any atom is -0.467 e. The van der Waals surface area contributed by atoms with Gasteiger partial charge in [-0.1, -0.05) is 12.1 Å². The molecule has 2 amide bonds. The number of hydrogen-bond donors (Lipinski definition) is 3. The Labute approximate surface area is 157 Å². The quantitative estimate of drug-likeness (QED) is 0.665. The number of rotatable bonds is 8. The molecule has 1 saturated carbocycles. The van der Waals surface area contributed by atoms with Gasteiger partial charge in [-0.15, -0.1) is 0 Å². The van der Waals surface area contributed by atoms with Crippen LogP contribution in [0.3, 0.4) is 0 Å². The minimum atomic E-state index is -0.835. The highest BCUT2D eigenvalue weighted by Gasteiger charge is 2.42. The van der Waals surface area contributed by atoms with E-state index in [4.69, 9.17) is 4.42 Å². The fourth-order valence-corrected chi connectivity index (χ4v) is 2.90. The zero-order valence-corrected chi connectivity index (χ0v) is 15.1. The third-order valence-electron chi connectivity index (χ3n) is 4.64. The minimum absolute atomic E-state index is 0.0214. The van der Waals surface area contributed by atoms with Crippen LogP contribution < -0.4 is 16.0 Å². The first kappa shape index (κ1) is 18.5. The van der Waals surface area contributed by atoms with E-state index in [0.29, 0.717) is 17.0 Å². The molecule has 1 aliphatic carbocycles. The number of nitriles is 1. The smallest absolute Gasteiger partial charge is 0.253 e.